The molecular weight excluding hydrogens is 521 g/mol. The van der Waals surface area contributed by atoms with E-state index in [2.05, 4.69) is 54.2 Å². The molecule has 2 heterocycles. The largest absolute Gasteiger partial charge is 0.489 e. The maximum atomic E-state index is 12.2. The molecule has 1 aliphatic carbocycles. The number of halogens is 2. The van der Waals surface area contributed by atoms with Crippen LogP contribution in [-0.4, -0.2) is 46.9 Å². The number of hydrogen-bond acceptors (Lipinski definition) is 5. The smallest absolute Gasteiger partial charge is 0.310 e. The Morgan fingerprint density at radius 3 is 2.79 bits per heavy atom. The Labute approximate surface area is 234 Å². The highest BCUT2D eigenvalue weighted by atomic mass is 35.5. The fraction of sp³-hybridized carbons (Fsp3) is 0.467. The van der Waals surface area contributed by atoms with Gasteiger partial charge in [-0.25, -0.2) is 0 Å². The molecule has 1 unspecified atom stereocenters. The van der Waals surface area contributed by atoms with Crippen molar-refractivity contribution >= 4 is 45.1 Å². The Morgan fingerprint density at radius 1 is 1.16 bits per heavy atom. The van der Waals surface area contributed by atoms with Crippen molar-refractivity contribution < 1.29 is 14.3 Å². The van der Waals surface area contributed by atoms with E-state index in [9.17, 15) is 4.79 Å². The Morgan fingerprint density at radius 2 is 2.00 bits per heavy atom. The second kappa shape index (κ2) is 11.7. The lowest BCUT2D eigenvalue weighted by atomic mass is 9.90. The third kappa shape index (κ3) is 5.73. The maximum absolute atomic E-state index is 12.2. The Hall–Kier alpha value is -2.54. The first-order chi connectivity index (χ1) is 18.3. The first kappa shape index (κ1) is 27.0. The van der Waals surface area contributed by atoms with Gasteiger partial charge >= 0.3 is 5.97 Å². The van der Waals surface area contributed by atoms with Crippen LogP contribution in [0.4, 0.5) is 0 Å². The molecule has 0 amide bonds. The van der Waals surface area contributed by atoms with Crippen molar-refractivity contribution in [1.29, 1.82) is 0 Å². The molecule has 2 aliphatic rings. The molecule has 1 fully saturated rings. The van der Waals surface area contributed by atoms with E-state index in [-0.39, 0.29) is 17.9 Å². The summed E-state index contributed by atoms with van der Waals surface area (Å²) in [5.74, 6) is 0.711. The van der Waals surface area contributed by atoms with E-state index in [1.54, 1.807) is 0 Å². The van der Waals surface area contributed by atoms with E-state index in [0.29, 0.717) is 18.4 Å². The van der Waals surface area contributed by atoms with Crippen LogP contribution in [0.15, 0.2) is 42.0 Å². The van der Waals surface area contributed by atoms with Gasteiger partial charge in [-0.3, -0.25) is 14.4 Å². The van der Waals surface area contributed by atoms with Crippen LogP contribution >= 0.6 is 23.2 Å². The SMILES string of the molecule is CCOC(=O)C1CCCN(CC2=C(Cl)c3ccc(OCc4ccc5c(c4)c(Cl)nn5C(C)C)cc3CC2)C1. The van der Waals surface area contributed by atoms with E-state index >= 15 is 0 Å². The summed E-state index contributed by atoms with van der Waals surface area (Å²) < 4.78 is 13.4. The minimum Gasteiger partial charge on any atom is -0.489 e. The Bertz CT molecular complexity index is 1360. The molecule has 5 rings (SSSR count). The molecule has 38 heavy (non-hydrogen) atoms. The monoisotopic (exact) mass is 555 g/mol. The number of ether oxygens (including phenoxy) is 2. The van der Waals surface area contributed by atoms with Crippen molar-refractivity contribution in [3.05, 3.63) is 63.8 Å². The molecule has 0 bridgehead atoms. The number of esters is 1. The lowest BCUT2D eigenvalue weighted by molar-refractivity contribution is -0.149. The van der Waals surface area contributed by atoms with Crippen LogP contribution in [-0.2, 0) is 22.6 Å². The minimum atomic E-state index is -0.0764. The summed E-state index contributed by atoms with van der Waals surface area (Å²) in [6.45, 7) is 9.44. The molecule has 1 aromatic heterocycles. The molecule has 1 saturated heterocycles. The molecule has 202 valence electrons. The summed E-state index contributed by atoms with van der Waals surface area (Å²) in [5, 5.41) is 6.76. The predicted octanol–water partition coefficient (Wildman–Crippen LogP) is 7.02. The van der Waals surface area contributed by atoms with Crippen LogP contribution < -0.4 is 4.74 Å². The highest BCUT2D eigenvalue weighted by Gasteiger charge is 2.28. The molecule has 1 aliphatic heterocycles. The van der Waals surface area contributed by atoms with Gasteiger partial charge < -0.3 is 9.47 Å². The van der Waals surface area contributed by atoms with Gasteiger partial charge in [-0.05, 0) is 106 Å². The molecule has 0 radical (unpaired) electrons. The fourth-order valence-corrected chi connectivity index (χ4v) is 6.11. The summed E-state index contributed by atoms with van der Waals surface area (Å²) in [7, 11) is 0. The van der Waals surface area contributed by atoms with E-state index in [1.165, 1.54) is 11.1 Å². The van der Waals surface area contributed by atoms with Gasteiger partial charge in [0.05, 0.1) is 18.0 Å². The van der Waals surface area contributed by atoms with E-state index in [4.69, 9.17) is 32.7 Å². The van der Waals surface area contributed by atoms with Gasteiger partial charge in [0.25, 0.3) is 0 Å². The summed E-state index contributed by atoms with van der Waals surface area (Å²) in [5.41, 5.74) is 5.60. The Balaban J connectivity index is 1.24. The standard InChI is InChI=1S/C30H35Cl2N3O3/c1-4-37-30(36)23-6-5-13-34(17-23)16-22-9-8-21-15-24(10-11-25(21)28(22)31)38-18-20-7-12-27-26(14-20)29(32)33-35(27)19(2)3/h7,10-12,14-15,19,23H,4-6,8-9,13,16-18H2,1-3H3. The molecule has 6 nitrogen and oxygen atoms in total. The first-order valence-electron chi connectivity index (χ1n) is 13.5. The van der Waals surface area contributed by atoms with Crippen LogP contribution in [0.5, 0.6) is 5.75 Å². The van der Waals surface area contributed by atoms with E-state index < -0.39 is 0 Å². The lowest BCUT2D eigenvalue weighted by Gasteiger charge is -2.33. The molecule has 0 saturated carbocycles. The third-order valence-corrected chi connectivity index (χ3v) is 8.23. The third-order valence-electron chi connectivity index (χ3n) is 7.48. The quantitative estimate of drug-likeness (QED) is 0.279. The van der Waals surface area contributed by atoms with E-state index in [1.807, 2.05) is 17.7 Å². The van der Waals surface area contributed by atoms with Crippen LogP contribution in [0.1, 0.15) is 62.8 Å². The normalized spacial score (nSPS) is 18.2. The second-order valence-electron chi connectivity index (χ2n) is 10.5. The van der Waals surface area contributed by atoms with Gasteiger partial charge in [0.2, 0.25) is 0 Å². The zero-order chi connectivity index (χ0) is 26.8. The molecule has 0 spiro atoms. The van der Waals surface area contributed by atoms with Crippen LogP contribution in [0.3, 0.4) is 0 Å². The second-order valence-corrected chi connectivity index (χ2v) is 11.3. The predicted molar refractivity (Wildman–Crippen MR) is 153 cm³/mol. The fourth-order valence-electron chi connectivity index (χ4n) is 5.54. The van der Waals surface area contributed by atoms with Crippen LogP contribution in [0.2, 0.25) is 5.15 Å². The number of nitrogens with zero attached hydrogens (tertiary/aromatic N) is 3. The lowest BCUT2D eigenvalue weighted by Crippen LogP contribution is -2.40. The molecule has 1 atom stereocenters. The van der Waals surface area contributed by atoms with Crippen LogP contribution in [0.25, 0.3) is 15.9 Å². The Kier molecular flexibility index (Phi) is 8.32. The number of hydrogen-bond donors (Lipinski definition) is 0. The van der Waals surface area contributed by atoms with Gasteiger partial charge in [0.15, 0.2) is 5.15 Å². The van der Waals surface area contributed by atoms with Gasteiger partial charge in [0, 0.05) is 29.5 Å². The summed E-state index contributed by atoms with van der Waals surface area (Å²) in [6.07, 6.45) is 3.73. The molecule has 2 aromatic carbocycles. The van der Waals surface area contributed by atoms with Crippen molar-refractivity contribution in [3.63, 3.8) is 0 Å². The van der Waals surface area contributed by atoms with Crippen molar-refractivity contribution in [1.82, 2.24) is 14.7 Å². The molecular formula is C30H35Cl2N3O3. The number of benzene rings is 2. The van der Waals surface area contributed by atoms with E-state index in [0.717, 1.165) is 78.1 Å². The number of fused-ring (bicyclic) bond motifs is 2. The maximum Gasteiger partial charge on any atom is 0.310 e. The molecule has 8 heteroatoms. The number of piperidine rings is 1. The minimum absolute atomic E-state index is 0.0400. The van der Waals surface area contributed by atoms with Crippen molar-refractivity contribution in [2.24, 2.45) is 5.92 Å². The van der Waals surface area contributed by atoms with Gasteiger partial charge in [0.1, 0.15) is 12.4 Å². The highest BCUT2D eigenvalue weighted by Crippen LogP contribution is 2.37. The zero-order valence-corrected chi connectivity index (χ0v) is 23.8. The summed E-state index contributed by atoms with van der Waals surface area (Å²) in [4.78, 5) is 14.6. The zero-order valence-electron chi connectivity index (χ0n) is 22.3. The first-order valence-corrected chi connectivity index (χ1v) is 14.3. The van der Waals surface area contributed by atoms with Crippen molar-refractivity contribution in [2.75, 3.05) is 26.2 Å². The molecule has 3 aromatic rings. The average Bonchev–Trinajstić information content (AvgIpc) is 3.25. The van der Waals surface area contributed by atoms with Gasteiger partial charge in [-0.15, -0.1) is 0 Å². The number of carbonyl (C=O) groups excluding carboxylic acids is 1. The van der Waals surface area contributed by atoms with Crippen molar-refractivity contribution in [2.45, 2.75) is 59.1 Å². The number of aromatic nitrogens is 2. The average molecular weight is 557 g/mol. The number of likely N-dealkylation sites (tertiary alicyclic amines) is 1. The van der Waals surface area contributed by atoms with Crippen molar-refractivity contribution in [3.8, 4) is 5.75 Å². The summed E-state index contributed by atoms with van der Waals surface area (Å²) >= 11 is 13.3. The van der Waals surface area contributed by atoms with Crippen LogP contribution in [0, 0.1) is 5.92 Å². The van der Waals surface area contributed by atoms with Gasteiger partial charge in [-0.2, -0.15) is 5.10 Å². The molecule has 0 N–H and O–H groups in total. The number of rotatable bonds is 8. The topological polar surface area (TPSA) is 56.6 Å². The highest BCUT2D eigenvalue weighted by molar-refractivity contribution is 6.49. The van der Waals surface area contributed by atoms with Gasteiger partial charge in [-0.1, -0.05) is 29.3 Å². The number of carbonyl (C=O) groups is 1. The summed E-state index contributed by atoms with van der Waals surface area (Å²) in [6, 6.07) is 12.6. The number of aryl methyl sites for hydroxylation is 1.